The van der Waals surface area contributed by atoms with Crippen LogP contribution in [0.5, 0.6) is 5.75 Å². The Kier molecular flexibility index (Phi) is 4.61. The number of hydrogen-bond donors (Lipinski definition) is 1. The van der Waals surface area contributed by atoms with E-state index in [0.717, 1.165) is 4.70 Å². The first kappa shape index (κ1) is 16.2. The molecule has 5 nitrogen and oxygen atoms in total. The number of likely N-dealkylation sites (N-methyl/N-ethyl adjacent to an activating group) is 1. The van der Waals surface area contributed by atoms with E-state index in [-0.39, 0.29) is 18.3 Å². The van der Waals surface area contributed by atoms with Gasteiger partial charge in [0.15, 0.2) is 5.13 Å². The van der Waals surface area contributed by atoms with Gasteiger partial charge < -0.3 is 15.0 Å². The standard InChI is InChI=1S/C17H16FN3O2S/c1-21(17-20-16-11(18)6-5-9-14(16)24-17)10-15(22)19-12-7-3-4-8-13(12)23-2/h3-9H,10H2,1-2H3,(H,19,22). The van der Waals surface area contributed by atoms with Gasteiger partial charge in [-0.25, -0.2) is 9.37 Å². The Bertz CT molecular complexity index is 881. The van der Waals surface area contributed by atoms with E-state index < -0.39 is 0 Å². The van der Waals surface area contributed by atoms with Gasteiger partial charge in [0.25, 0.3) is 0 Å². The largest absolute Gasteiger partial charge is 0.495 e. The summed E-state index contributed by atoms with van der Waals surface area (Å²) in [6.45, 7) is 0.0967. The summed E-state index contributed by atoms with van der Waals surface area (Å²) in [5.74, 6) is 0.0270. The number of thiazole rings is 1. The molecule has 0 radical (unpaired) electrons. The van der Waals surface area contributed by atoms with Crippen molar-refractivity contribution in [2.75, 3.05) is 30.9 Å². The molecule has 3 aromatic rings. The zero-order valence-electron chi connectivity index (χ0n) is 13.2. The normalized spacial score (nSPS) is 10.6. The Balaban J connectivity index is 1.72. The quantitative estimate of drug-likeness (QED) is 0.769. The minimum atomic E-state index is -0.359. The second kappa shape index (κ2) is 6.84. The lowest BCUT2D eigenvalue weighted by molar-refractivity contribution is -0.114. The van der Waals surface area contributed by atoms with Crippen molar-refractivity contribution in [3.8, 4) is 5.75 Å². The first-order chi connectivity index (χ1) is 11.6. The fourth-order valence-corrected chi connectivity index (χ4v) is 3.23. The van der Waals surface area contributed by atoms with Crippen molar-refractivity contribution < 1.29 is 13.9 Å². The van der Waals surface area contributed by atoms with Crippen molar-refractivity contribution in [1.82, 2.24) is 4.98 Å². The van der Waals surface area contributed by atoms with Crippen LogP contribution in [0.25, 0.3) is 10.2 Å². The fourth-order valence-electron chi connectivity index (χ4n) is 2.29. The van der Waals surface area contributed by atoms with E-state index in [4.69, 9.17) is 4.74 Å². The number of para-hydroxylation sites is 3. The molecular weight excluding hydrogens is 329 g/mol. The van der Waals surface area contributed by atoms with E-state index in [1.54, 1.807) is 37.3 Å². The molecule has 0 bridgehead atoms. The van der Waals surface area contributed by atoms with Gasteiger partial charge in [-0.1, -0.05) is 29.5 Å². The molecule has 0 saturated carbocycles. The number of anilines is 2. The second-order valence-electron chi connectivity index (χ2n) is 5.19. The molecule has 0 aliphatic heterocycles. The Labute approximate surface area is 142 Å². The van der Waals surface area contributed by atoms with E-state index in [2.05, 4.69) is 10.3 Å². The smallest absolute Gasteiger partial charge is 0.244 e. The summed E-state index contributed by atoms with van der Waals surface area (Å²) < 4.78 is 19.7. The topological polar surface area (TPSA) is 54.5 Å². The van der Waals surface area contributed by atoms with Crippen LogP contribution in [0, 0.1) is 5.82 Å². The zero-order chi connectivity index (χ0) is 17.1. The lowest BCUT2D eigenvalue weighted by Gasteiger charge is -2.16. The van der Waals surface area contributed by atoms with Gasteiger partial charge in [-0.05, 0) is 24.3 Å². The maximum Gasteiger partial charge on any atom is 0.244 e. The van der Waals surface area contributed by atoms with Gasteiger partial charge in [-0.15, -0.1) is 0 Å². The Hall–Kier alpha value is -2.67. The van der Waals surface area contributed by atoms with Crippen LogP contribution in [-0.4, -0.2) is 31.6 Å². The number of aromatic nitrogens is 1. The molecule has 0 fully saturated rings. The molecule has 124 valence electrons. The summed E-state index contributed by atoms with van der Waals surface area (Å²) in [7, 11) is 3.30. The highest BCUT2D eigenvalue weighted by Crippen LogP contribution is 2.29. The molecule has 1 aromatic heterocycles. The molecule has 7 heteroatoms. The van der Waals surface area contributed by atoms with Crippen molar-refractivity contribution in [1.29, 1.82) is 0 Å². The van der Waals surface area contributed by atoms with E-state index in [1.807, 2.05) is 18.2 Å². The molecule has 0 atom stereocenters. The van der Waals surface area contributed by atoms with Crippen molar-refractivity contribution >= 4 is 38.3 Å². The van der Waals surface area contributed by atoms with E-state index >= 15 is 0 Å². The zero-order valence-corrected chi connectivity index (χ0v) is 14.1. The van der Waals surface area contributed by atoms with Crippen LogP contribution in [0.4, 0.5) is 15.2 Å². The number of halogens is 1. The number of nitrogens with zero attached hydrogens (tertiary/aromatic N) is 2. The maximum absolute atomic E-state index is 13.7. The highest BCUT2D eigenvalue weighted by molar-refractivity contribution is 7.22. The van der Waals surface area contributed by atoms with Crippen molar-refractivity contribution in [2.45, 2.75) is 0 Å². The van der Waals surface area contributed by atoms with Gasteiger partial charge in [0.1, 0.15) is 17.1 Å². The van der Waals surface area contributed by atoms with E-state index in [1.165, 1.54) is 17.4 Å². The van der Waals surface area contributed by atoms with E-state index in [0.29, 0.717) is 22.1 Å². The van der Waals surface area contributed by atoms with Crippen LogP contribution in [0.2, 0.25) is 0 Å². The van der Waals surface area contributed by atoms with Gasteiger partial charge in [-0.3, -0.25) is 4.79 Å². The number of fused-ring (bicyclic) bond motifs is 1. The number of benzene rings is 2. The summed E-state index contributed by atoms with van der Waals surface area (Å²) in [5.41, 5.74) is 0.934. The number of ether oxygens (including phenoxy) is 1. The first-order valence-electron chi connectivity index (χ1n) is 7.27. The molecule has 2 aromatic carbocycles. The number of carbonyl (C=O) groups excluding carboxylic acids is 1. The van der Waals surface area contributed by atoms with E-state index in [9.17, 15) is 9.18 Å². The predicted molar refractivity (Wildman–Crippen MR) is 94.5 cm³/mol. The fraction of sp³-hybridized carbons (Fsp3) is 0.176. The minimum Gasteiger partial charge on any atom is -0.495 e. The number of carbonyl (C=O) groups is 1. The van der Waals surface area contributed by atoms with Crippen LogP contribution >= 0.6 is 11.3 Å². The maximum atomic E-state index is 13.7. The Morgan fingerprint density at radius 3 is 2.83 bits per heavy atom. The highest BCUT2D eigenvalue weighted by atomic mass is 32.1. The van der Waals surface area contributed by atoms with Crippen LogP contribution in [0.15, 0.2) is 42.5 Å². The summed E-state index contributed by atoms with van der Waals surface area (Å²) >= 11 is 1.35. The molecule has 0 aliphatic carbocycles. The van der Waals surface area contributed by atoms with Crippen LogP contribution in [0.3, 0.4) is 0 Å². The summed E-state index contributed by atoms with van der Waals surface area (Å²) in [6.07, 6.45) is 0. The number of amides is 1. The molecular formula is C17H16FN3O2S. The lowest BCUT2D eigenvalue weighted by atomic mass is 10.3. The third-order valence-corrected chi connectivity index (χ3v) is 4.58. The third kappa shape index (κ3) is 3.30. The summed E-state index contributed by atoms with van der Waals surface area (Å²) in [6, 6.07) is 12.0. The van der Waals surface area contributed by atoms with Gasteiger partial charge >= 0.3 is 0 Å². The lowest BCUT2D eigenvalue weighted by Crippen LogP contribution is -2.30. The average Bonchev–Trinajstić information content (AvgIpc) is 3.01. The van der Waals surface area contributed by atoms with Gasteiger partial charge in [0, 0.05) is 7.05 Å². The number of nitrogens with one attached hydrogen (secondary N) is 1. The summed E-state index contributed by atoms with van der Waals surface area (Å²) in [4.78, 5) is 18.2. The average molecular weight is 345 g/mol. The number of rotatable bonds is 5. The van der Waals surface area contributed by atoms with Gasteiger partial charge in [0.2, 0.25) is 5.91 Å². The monoisotopic (exact) mass is 345 g/mol. The van der Waals surface area contributed by atoms with Crippen LogP contribution in [-0.2, 0) is 4.79 Å². The Morgan fingerprint density at radius 1 is 1.29 bits per heavy atom. The van der Waals surface area contributed by atoms with Crippen molar-refractivity contribution in [3.05, 3.63) is 48.3 Å². The number of methoxy groups -OCH3 is 1. The molecule has 0 saturated heterocycles. The summed E-state index contributed by atoms with van der Waals surface area (Å²) in [5, 5.41) is 3.39. The third-order valence-electron chi connectivity index (χ3n) is 3.45. The predicted octanol–water partition coefficient (Wildman–Crippen LogP) is 3.52. The molecule has 0 spiro atoms. The Morgan fingerprint density at radius 2 is 2.08 bits per heavy atom. The molecule has 1 heterocycles. The SMILES string of the molecule is COc1ccccc1NC(=O)CN(C)c1nc2c(F)cccc2s1. The van der Waals surface area contributed by atoms with Crippen LogP contribution < -0.4 is 15.0 Å². The van der Waals surface area contributed by atoms with Crippen molar-refractivity contribution in [2.24, 2.45) is 0 Å². The second-order valence-corrected chi connectivity index (χ2v) is 6.20. The van der Waals surface area contributed by atoms with Gasteiger partial charge in [-0.2, -0.15) is 0 Å². The first-order valence-corrected chi connectivity index (χ1v) is 8.09. The minimum absolute atomic E-state index is 0.0967. The molecule has 1 N–H and O–H groups in total. The molecule has 1 amide bonds. The molecule has 3 rings (SSSR count). The molecule has 24 heavy (non-hydrogen) atoms. The molecule has 0 unspecified atom stereocenters. The van der Waals surface area contributed by atoms with Crippen molar-refractivity contribution in [3.63, 3.8) is 0 Å². The van der Waals surface area contributed by atoms with Crippen LogP contribution in [0.1, 0.15) is 0 Å². The van der Waals surface area contributed by atoms with Gasteiger partial charge in [0.05, 0.1) is 24.0 Å². The number of hydrogen-bond acceptors (Lipinski definition) is 5. The molecule has 0 aliphatic rings. The highest BCUT2D eigenvalue weighted by Gasteiger charge is 2.15.